The number of amides is 1. The second-order valence-electron chi connectivity index (χ2n) is 4.96. The Balaban J connectivity index is 2.88. The number of likely N-dealkylation sites (tertiary alicyclic amines) is 1. The fraction of sp³-hybridized carbons (Fsp3) is 0.800. The van der Waals surface area contributed by atoms with Gasteiger partial charge in [0.05, 0.1) is 6.54 Å². The molecule has 7 heteroatoms. The highest BCUT2D eigenvalue weighted by molar-refractivity contribution is 5.83. The number of rotatable bonds is 1. The topological polar surface area (TPSA) is 66.8 Å². The van der Waals surface area contributed by atoms with E-state index in [1.807, 2.05) is 0 Å². The molecule has 0 radical (unpaired) electrons. The van der Waals surface area contributed by atoms with Gasteiger partial charge in [0, 0.05) is 6.42 Å². The van der Waals surface area contributed by atoms with E-state index in [9.17, 15) is 18.4 Å². The van der Waals surface area contributed by atoms with Crippen molar-refractivity contribution in [1.29, 1.82) is 0 Å². The van der Waals surface area contributed by atoms with Gasteiger partial charge in [-0.25, -0.2) is 18.4 Å². The molecule has 0 aromatic carbocycles. The summed E-state index contributed by atoms with van der Waals surface area (Å²) in [5.41, 5.74) is -0.898. The number of aliphatic carboxylic acids is 1. The normalized spacial score (nSPS) is 29.2. The van der Waals surface area contributed by atoms with Crippen molar-refractivity contribution in [2.45, 2.75) is 44.8 Å². The summed E-state index contributed by atoms with van der Waals surface area (Å²) in [5, 5.41) is 8.72. The monoisotopic (exact) mass is 251 g/mol. The van der Waals surface area contributed by atoms with Gasteiger partial charge >= 0.3 is 12.1 Å². The van der Waals surface area contributed by atoms with Gasteiger partial charge in [-0.05, 0) is 20.8 Å². The summed E-state index contributed by atoms with van der Waals surface area (Å²) in [5.74, 6) is -4.91. The molecule has 1 heterocycles. The third-order valence-electron chi connectivity index (χ3n) is 2.24. The summed E-state index contributed by atoms with van der Waals surface area (Å²) in [6.07, 6.45) is -3.74. The van der Waals surface area contributed by atoms with Crippen LogP contribution in [0.15, 0.2) is 0 Å². The third-order valence-corrected chi connectivity index (χ3v) is 2.24. The van der Waals surface area contributed by atoms with E-state index in [0.29, 0.717) is 0 Å². The van der Waals surface area contributed by atoms with Crippen LogP contribution in [-0.2, 0) is 9.53 Å². The van der Waals surface area contributed by atoms with E-state index in [4.69, 9.17) is 9.84 Å². The summed E-state index contributed by atoms with van der Waals surface area (Å²) >= 11 is 0. The molecule has 0 aliphatic carbocycles. The van der Waals surface area contributed by atoms with E-state index in [0.717, 1.165) is 0 Å². The molecule has 2 atom stereocenters. The predicted octanol–water partition coefficient (Wildman–Crippen LogP) is 1.72. The molecule has 17 heavy (non-hydrogen) atoms. The summed E-state index contributed by atoms with van der Waals surface area (Å²) in [7, 11) is 0. The third kappa shape index (κ3) is 2.83. The molecule has 5 nitrogen and oxygen atoms in total. The van der Waals surface area contributed by atoms with Crippen LogP contribution < -0.4 is 0 Å². The summed E-state index contributed by atoms with van der Waals surface area (Å²) in [6, 6.07) is 0. The van der Waals surface area contributed by atoms with E-state index in [2.05, 4.69) is 0 Å². The number of carboxylic acids is 1. The van der Waals surface area contributed by atoms with Crippen molar-refractivity contribution in [1.82, 2.24) is 4.90 Å². The maximum absolute atomic E-state index is 14.0. The van der Waals surface area contributed by atoms with E-state index < -0.39 is 42.6 Å². The fourth-order valence-corrected chi connectivity index (χ4v) is 1.55. The second-order valence-corrected chi connectivity index (χ2v) is 4.96. The Labute approximate surface area is 97.3 Å². The largest absolute Gasteiger partial charge is 0.477 e. The lowest BCUT2D eigenvalue weighted by Crippen LogP contribution is -2.51. The molecule has 1 N–H and O–H groups in total. The highest BCUT2D eigenvalue weighted by atomic mass is 19.2. The molecule has 1 saturated heterocycles. The maximum Gasteiger partial charge on any atom is 0.413 e. The van der Waals surface area contributed by atoms with Crippen LogP contribution in [0, 0.1) is 0 Å². The first-order valence-corrected chi connectivity index (χ1v) is 5.13. The SMILES string of the molecule is CC(C)(C)OC(=O)N1CC(F)CC1(F)C(=O)O. The second kappa shape index (κ2) is 4.12. The zero-order valence-electron chi connectivity index (χ0n) is 9.87. The molecule has 0 aromatic rings. The summed E-state index contributed by atoms with van der Waals surface area (Å²) < 4.78 is 31.9. The van der Waals surface area contributed by atoms with Gasteiger partial charge in [0.1, 0.15) is 11.8 Å². The Bertz CT molecular complexity index is 342. The van der Waals surface area contributed by atoms with Crippen LogP contribution in [-0.4, -0.2) is 46.2 Å². The smallest absolute Gasteiger partial charge is 0.413 e. The average molecular weight is 251 g/mol. The van der Waals surface area contributed by atoms with E-state index in [-0.39, 0.29) is 4.90 Å². The lowest BCUT2D eigenvalue weighted by Gasteiger charge is -2.29. The first kappa shape index (κ1) is 13.7. The Morgan fingerprint density at radius 3 is 2.41 bits per heavy atom. The first-order chi connectivity index (χ1) is 7.56. The van der Waals surface area contributed by atoms with E-state index in [1.165, 1.54) is 0 Å². The Morgan fingerprint density at radius 1 is 1.47 bits per heavy atom. The summed E-state index contributed by atoms with van der Waals surface area (Å²) in [6.45, 7) is 4.04. The van der Waals surface area contributed by atoms with Crippen molar-refractivity contribution >= 4 is 12.1 Å². The minimum atomic E-state index is -3.03. The van der Waals surface area contributed by atoms with Crippen molar-refractivity contribution in [3.63, 3.8) is 0 Å². The number of carbonyl (C=O) groups is 2. The maximum atomic E-state index is 14.0. The molecule has 2 unspecified atom stereocenters. The molecular weight excluding hydrogens is 236 g/mol. The molecule has 1 aliphatic rings. The molecule has 0 spiro atoms. The Kier molecular flexibility index (Phi) is 3.31. The van der Waals surface area contributed by atoms with Gasteiger partial charge in [0.15, 0.2) is 0 Å². The van der Waals surface area contributed by atoms with Crippen molar-refractivity contribution < 1.29 is 28.2 Å². The minimum absolute atomic E-state index is 0.283. The highest BCUT2D eigenvalue weighted by Gasteiger charge is 2.56. The van der Waals surface area contributed by atoms with Gasteiger partial charge in [-0.3, -0.25) is 4.90 Å². The zero-order valence-corrected chi connectivity index (χ0v) is 9.87. The van der Waals surface area contributed by atoms with Crippen LogP contribution in [0.1, 0.15) is 27.2 Å². The molecule has 1 amide bonds. The lowest BCUT2D eigenvalue weighted by molar-refractivity contribution is -0.161. The molecule has 1 aliphatic heterocycles. The molecule has 98 valence electrons. The Morgan fingerprint density at radius 2 is 2.00 bits per heavy atom. The fourth-order valence-electron chi connectivity index (χ4n) is 1.55. The van der Waals surface area contributed by atoms with Crippen molar-refractivity contribution in [3.8, 4) is 0 Å². The molecule has 0 bridgehead atoms. The number of carboxylic acid groups (broad SMARTS) is 1. The van der Waals surface area contributed by atoms with E-state index >= 15 is 0 Å². The molecular formula is C10H15F2NO4. The van der Waals surface area contributed by atoms with Crippen LogP contribution in [0.2, 0.25) is 0 Å². The van der Waals surface area contributed by atoms with E-state index in [1.54, 1.807) is 20.8 Å². The number of hydrogen-bond donors (Lipinski definition) is 1. The number of alkyl halides is 2. The van der Waals surface area contributed by atoms with Crippen molar-refractivity contribution in [2.24, 2.45) is 0 Å². The minimum Gasteiger partial charge on any atom is -0.477 e. The molecule has 0 saturated carbocycles. The molecule has 1 fully saturated rings. The number of hydrogen-bond acceptors (Lipinski definition) is 3. The van der Waals surface area contributed by atoms with Gasteiger partial charge in [-0.1, -0.05) is 0 Å². The van der Waals surface area contributed by atoms with Crippen LogP contribution in [0.25, 0.3) is 0 Å². The average Bonchev–Trinajstić information content (AvgIpc) is 2.40. The van der Waals surface area contributed by atoms with Crippen LogP contribution in [0.3, 0.4) is 0 Å². The molecule has 0 aromatic heterocycles. The van der Waals surface area contributed by atoms with Crippen LogP contribution >= 0.6 is 0 Å². The number of halogens is 2. The zero-order chi connectivity index (χ0) is 13.4. The van der Waals surface area contributed by atoms with Gasteiger partial charge in [0.2, 0.25) is 0 Å². The van der Waals surface area contributed by atoms with Gasteiger partial charge in [-0.2, -0.15) is 0 Å². The number of carbonyl (C=O) groups excluding carboxylic acids is 1. The quantitative estimate of drug-likeness (QED) is 0.720. The predicted molar refractivity (Wildman–Crippen MR) is 53.9 cm³/mol. The standard InChI is InChI=1S/C10H15F2NO4/c1-9(2,3)17-8(16)13-5-6(11)4-10(13,12)7(14)15/h6H,4-5H2,1-3H3,(H,14,15). The highest BCUT2D eigenvalue weighted by Crippen LogP contribution is 2.34. The van der Waals surface area contributed by atoms with Crippen molar-refractivity contribution in [3.05, 3.63) is 0 Å². The van der Waals surface area contributed by atoms with Gasteiger partial charge < -0.3 is 9.84 Å². The van der Waals surface area contributed by atoms with Gasteiger partial charge in [-0.15, -0.1) is 0 Å². The van der Waals surface area contributed by atoms with Gasteiger partial charge in [0.25, 0.3) is 5.79 Å². The van der Waals surface area contributed by atoms with Crippen LogP contribution in [0.4, 0.5) is 13.6 Å². The first-order valence-electron chi connectivity index (χ1n) is 5.13. The number of ether oxygens (including phenoxy) is 1. The lowest BCUT2D eigenvalue weighted by atomic mass is 10.2. The Hall–Kier alpha value is -1.40. The molecule has 1 rings (SSSR count). The van der Waals surface area contributed by atoms with Crippen LogP contribution in [0.5, 0.6) is 0 Å². The number of nitrogens with zero attached hydrogens (tertiary/aromatic N) is 1. The van der Waals surface area contributed by atoms with Crippen molar-refractivity contribution in [2.75, 3.05) is 6.54 Å². The summed E-state index contributed by atoms with van der Waals surface area (Å²) in [4.78, 5) is 22.6.